The Labute approximate surface area is 119 Å². The van der Waals surface area contributed by atoms with Crippen LogP contribution in [0.1, 0.15) is 5.69 Å². The lowest BCUT2D eigenvalue weighted by atomic mass is 10.2. The molecule has 3 rings (SSSR count). The van der Waals surface area contributed by atoms with E-state index in [2.05, 4.69) is 10.3 Å². The molecule has 0 aliphatic heterocycles. The largest absolute Gasteiger partial charge is 0.379 e. The second kappa shape index (κ2) is 5.20. The van der Waals surface area contributed by atoms with Gasteiger partial charge >= 0.3 is 5.69 Å². The van der Waals surface area contributed by atoms with Crippen molar-refractivity contribution in [2.24, 2.45) is 0 Å². The number of aromatic nitrogens is 2. The summed E-state index contributed by atoms with van der Waals surface area (Å²) in [7, 11) is 0. The Hall–Kier alpha value is -2.96. The fourth-order valence-electron chi connectivity index (χ4n) is 2.03. The fourth-order valence-corrected chi connectivity index (χ4v) is 2.03. The number of halogens is 1. The number of nitrogens with zero attached hydrogens (tertiary/aromatic N) is 3. The predicted molar refractivity (Wildman–Crippen MR) is 75.6 cm³/mol. The monoisotopic (exact) mass is 286 g/mol. The van der Waals surface area contributed by atoms with E-state index in [1.807, 2.05) is 35.0 Å². The van der Waals surface area contributed by atoms with Gasteiger partial charge in [0.2, 0.25) is 5.82 Å². The Kier molecular flexibility index (Phi) is 3.23. The first-order valence-corrected chi connectivity index (χ1v) is 6.24. The van der Waals surface area contributed by atoms with Crippen LogP contribution in [0.2, 0.25) is 0 Å². The van der Waals surface area contributed by atoms with Gasteiger partial charge in [0.25, 0.3) is 0 Å². The first kappa shape index (κ1) is 13.0. The summed E-state index contributed by atoms with van der Waals surface area (Å²) in [5.41, 5.74) is 1.53. The molecular weight excluding hydrogens is 275 g/mol. The van der Waals surface area contributed by atoms with Crippen LogP contribution in [0.3, 0.4) is 0 Å². The van der Waals surface area contributed by atoms with Gasteiger partial charge in [-0.05, 0) is 24.3 Å². The SMILES string of the molecule is O=[N+]([O-])c1cc(NCc2cn3ccccc3n2)ccc1F. The molecule has 0 saturated heterocycles. The number of benzene rings is 1. The Morgan fingerprint density at radius 1 is 1.33 bits per heavy atom. The molecule has 0 radical (unpaired) electrons. The Morgan fingerprint density at radius 3 is 2.95 bits per heavy atom. The third-order valence-electron chi connectivity index (χ3n) is 3.03. The van der Waals surface area contributed by atoms with Crippen molar-refractivity contribution in [1.82, 2.24) is 9.38 Å². The lowest BCUT2D eigenvalue weighted by molar-refractivity contribution is -0.387. The Morgan fingerprint density at radius 2 is 2.19 bits per heavy atom. The van der Waals surface area contributed by atoms with E-state index in [1.54, 1.807) is 0 Å². The third kappa shape index (κ3) is 2.66. The minimum atomic E-state index is -0.849. The average molecular weight is 286 g/mol. The summed E-state index contributed by atoms with van der Waals surface area (Å²) in [6, 6.07) is 9.37. The van der Waals surface area contributed by atoms with E-state index >= 15 is 0 Å². The summed E-state index contributed by atoms with van der Waals surface area (Å²) >= 11 is 0. The van der Waals surface area contributed by atoms with Gasteiger partial charge in [-0.2, -0.15) is 4.39 Å². The summed E-state index contributed by atoms with van der Waals surface area (Å²) in [4.78, 5) is 14.3. The van der Waals surface area contributed by atoms with Gasteiger partial charge in [-0.1, -0.05) is 6.07 Å². The highest BCUT2D eigenvalue weighted by atomic mass is 19.1. The molecule has 2 heterocycles. The maximum atomic E-state index is 13.2. The van der Waals surface area contributed by atoms with Crippen LogP contribution >= 0.6 is 0 Å². The second-order valence-corrected chi connectivity index (χ2v) is 4.48. The molecular formula is C14H11FN4O2. The number of fused-ring (bicyclic) bond motifs is 1. The highest BCUT2D eigenvalue weighted by Gasteiger charge is 2.14. The molecule has 0 aliphatic carbocycles. The summed E-state index contributed by atoms with van der Waals surface area (Å²) in [5.74, 6) is -0.849. The molecule has 2 aromatic heterocycles. The van der Waals surface area contributed by atoms with Crippen molar-refractivity contribution < 1.29 is 9.31 Å². The number of nitro benzene ring substituents is 1. The molecule has 0 spiro atoms. The molecule has 0 fully saturated rings. The maximum absolute atomic E-state index is 13.2. The quantitative estimate of drug-likeness (QED) is 0.591. The van der Waals surface area contributed by atoms with E-state index in [0.717, 1.165) is 17.4 Å². The van der Waals surface area contributed by atoms with Gasteiger partial charge in [0, 0.05) is 24.1 Å². The van der Waals surface area contributed by atoms with Crippen LogP contribution < -0.4 is 5.32 Å². The van der Waals surface area contributed by atoms with Crippen LogP contribution in [0.4, 0.5) is 15.8 Å². The van der Waals surface area contributed by atoms with E-state index in [-0.39, 0.29) is 0 Å². The molecule has 21 heavy (non-hydrogen) atoms. The zero-order chi connectivity index (χ0) is 14.8. The lowest BCUT2D eigenvalue weighted by Crippen LogP contribution is -2.01. The van der Waals surface area contributed by atoms with Crippen LogP contribution in [0.25, 0.3) is 5.65 Å². The standard InChI is InChI=1S/C14H11FN4O2/c15-12-5-4-10(7-13(12)19(20)21)16-8-11-9-18-6-2-1-3-14(18)17-11/h1-7,9,16H,8H2. The first-order valence-electron chi connectivity index (χ1n) is 6.24. The van der Waals surface area contributed by atoms with Crippen molar-refractivity contribution in [3.63, 3.8) is 0 Å². The van der Waals surface area contributed by atoms with Gasteiger partial charge in [-0.3, -0.25) is 10.1 Å². The number of anilines is 1. The maximum Gasteiger partial charge on any atom is 0.306 e. The van der Waals surface area contributed by atoms with Crippen molar-refractivity contribution in [1.29, 1.82) is 0 Å². The summed E-state index contributed by atoms with van der Waals surface area (Å²) < 4.78 is 15.1. The van der Waals surface area contributed by atoms with E-state index in [0.29, 0.717) is 12.2 Å². The lowest BCUT2D eigenvalue weighted by Gasteiger charge is -2.04. The van der Waals surface area contributed by atoms with Crippen molar-refractivity contribution >= 4 is 17.0 Å². The number of nitro groups is 1. The summed E-state index contributed by atoms with van der Waals surface area (Å²) in [5, 5.41) is 13.7. The van der Waals surface area contributed by atoms with Gasteiger partial charge in [0.1, 0.15) is 5.65 Å². The molecule has 7 heteroatoms. The molecule has 1 N–H and O–H groups in total. The highest BCUT2D eigenvalue weighted by Crippen LogP contribution is 2.22. The van der Waals surface area contributed by atoms with Gasteiger partial charge in [-0.15, -0.1) is 0 Å². The predicted octanol–water partition coefficient (Wildman–Crippen LogP) is 2.99. The van der Waals surface area contributed by atoms with E-state index < -0.39 is 16.4 Å². The van der Waals surface area contributed by atoms with E-state index in [4.69, 9.17) is 0 Å². The number of hydrogen-bond acceptors (Lipinski definition) is 4. The van der Waals surface area contributed by atoms with Crippen molar-refractivity contribution in [3.8, 4) is 0 Å². The highest BCUT2D eigenvalue weighted by molar-refractivity contribution is 5.52. The molecule has 6 nitrogen and oxygen atoms in total. The van der Waals surface area contributed by atoms with Crippen molar-refractivity contribution in [3.05, 3.63) is 70.4 Å². The van der Waals surface area contributed by atoms with Gasteiger partial charge in [0.05, 0.1) is 17.2 Å². The number of hydrogen-bond donors (Lipinski definition) is 1. The normalized spacial score (nSPS) is 10.7. The molecule has 3 aromatic rings. The van der Waals surface area contributed by atoms with Crippen LogP contribution in [-0.4, -0.2) is 14.3 Å². The third-order valence-corrected chi connectivity index (χ3v) is 3.03. The summed E-state index contributed by atoms with van der Waals surface area (Å²) in [6.45, 7) is 0.393. The number of pyridine rings is 1. The van der Waals surface area contributed by atoms with Gasteiger partial charge in [-0.25, -0.2) is 4.98 Å². The number of rotatable bonds is 4. The Bertz CT molecular complexity index is 783. The van der Waals surface area contributed by atoms with Gasteiger partial charge < -0.3 is 9.72 Å². The smallest absolute Gasteiger partial charge is 0.306 e. The van der Waals surface area contributed by atoms with Crippen molar-refractivity contribution in [2.75, 3.05) is 5.32 Å². The summed E-state index contributed by atoms with van der Waals surface area (Å²) in [6.07, 6.45) is 3.74. The molecule has 1 aromatic carbocycles. The molecule has 0 aliphatic rings. The molecule has 0 bridgehead atoms. The average Bonchev–Trinajstić information content (AvgIpc) is 2.89. The first-order chi connectivity index (χ1) is 10.1. The van der Waals surface area contributed by atoms with Crippen LogP contribution in [-0.2, 0) is 6.54 Å². The van der Waals surface area contributed by atoms with Gasteiger partial charge in [0.15, 0.2) is 0 Å². The molecule has 0 atom stereocenters. The topological polar surface area (TPSA) is 72.5 Å². The Balaban J connectivity index is 1.78. The van der Waals surface area contributed by atoms with E-state index in [1.165, 1.54) is 12.1 Å². The van der Waals surface area contributed by atoms with Crippen molar-refractivity contribution in [2.45, 2.75) is 6.54 Å². The molecule has 0 amide bonds. The zero-order valence-electron chi connectivity index (χ0n) is 10.9. The molecule has 106 valence electrons. The number of nitrogens with one attached hydrogen (secondary N) is 1. The fraction of sp³-hybridized carbons (Fsp3) is 0.0714. The zero-order valence-corrected chi connectivity index (χ0v) is 10.9. The van der Waals surface area contributed by atoms with Crippen LogP contribution in [0, 0.1) is 15.9 Å². The second-order valence-electron chi connectivity index (χ2n) is 4.48. The van der Waals surface area contributed by atoms with Crippen LogP contribution in [0.5, 0.6) is 0 Å². The molecule has 0 unspecified atom stereocenters. The minimum Gasteiger partial charge on any atom is -0.379 e. The molecule has 0 saturated carbocycles. The number of imidazole rings is 1. The van der Waals surface area contributed by atoms with Crippen LogP contribution in [0.15, 0.2) is 48.8 Å². The minimum absolute atomic E-state index is 0.393. The van der Waals surface area contributed by atoms with E-state index in [9.17, 15) is 14.5 Å².